The number of hydrogen-bond acceptors (Lipinski definition) is 4. The molecule has 12 aromatic carbocycles. The third kappa shape index (κ3) is 6.61. The molecule has 374 valence electrons. The predicted octanol–water partition coefficient (Wildman–Crippen LogP) is 18.2. The molecule has 17 rings (SSSR count). The van der Waals surface area contributed by atoms with Crippen LogP contribution in [0.2, 0.25) is 0 Å². The lowest BCUT2D eigenvalue weighted by Crippen LogP contribution is -2.34. The fourth-order valence-corrected chi connectivity index (χ4v) is 13.1. The van der Waals surface area contributed by atoms with Gasteiger partial charge in [0.2, 0.25) is 0 Å². The van der Waals surface area contributed by atoms with E-state index in [-0.39, 0.29) is 0 Å². The molecule has 0 fully saturated rings. The van der Waals surface area contributed by atoms with Crippen LogP contribution >= 0.6 is 0 Å². The largest absolute Gasteiger partial charge is 0.456 e. The quantitative estimate of drug-likeness (QED) is 0.173. The maximum absolute atomic E-state index is 6.66. The van der Waals surface area contributed by atoms with Crippen molar-refractivity contribution in [3.63, 3.8) is 0 Å². The van der Waals surface area contributed by atoms with Crippen molar-refractivity contribution in [3.8, 4) is 28.2 Å². The second-order valence-corrected chi connectivity index (χ2v) is 20.9. The van der Waals surface area contributed by atoms with Crippen molar-refractivity contribution in [2.24, 2.45) is 9.98 Å². The van der Waals surface area contributed by atoms with E-state index in [1.54, 1.807) is 0 Å². The summed E-state index contributed by atoms with van der Waals surface area (Å²) in [5, 5.41) is 15.6. The van der Waals surface area contributed by atoms with Gasteiger partial charge in [0.15, 0.2) is 5.84 Å². The van der Waals surface area contributed by atoms with E-state index < -0.39 is 6.17 Å². The summed E-state index contributed by atoms with van der Waals surface area (Å²) < 4.78 is 13.9. The first-order chi connectivity index (χ1) is 39.7. The lowest BCUT2D eigenvalue weighted by Gasteiger charge is -2.26. The number of rotatable bonds is 7. The second kappa shape index (κ2) is 17.4. The van der Waals surface area contributed by atoms with Crippen LogP contribution in [0.3, 0.4) is 0 Å². The summed E-state index contributed by atoms with van der Waals surface area (Å²) >= 11 is 0. The van der Waals surface area contributed by atoms with E-state index in [4.69, 9.17) is 14.4 Å². The van der Waals surface area contributed by atoms with E-state index in [1.165, 1.54) is 32.3 Å². The van der Waals surface area contributed by atoms with Crippen molar-refractivity contribution >= 4 is 110 Å². The highest BCUT2D eigenvalue weighted by molar-refractivity contribution is 6.24. The van der Waals surface area contributed by atoms with Crippen LogP contribution < -0.4 is 5.32 Å². The summed E-state index contributed by atoms with van der Waals surface area (Å²) in [5.74, 6) is 1.34. The molecular formula is C73H46N6O. The van der Waals surface area contributed by atoms with E-state index in [2.05, 4.69) is 280 Å². The number of aliphatic imine (C=N–C) groups is 2. The molecule has 4 aromatic heterocycles. The number of nitrogens with zero attached hydrogens (tertiary/aromatic N) is 5. The fourth-order valence-electron chi connectivity index (χ4n) is 13.1. The standard InChI is InChI=1S/C73H46N6O/c1-3-22-47(23-4-1)78-63-36-14-9-26-50(63)54-31-17-33-58(69(54)78)72-74-71(75-73(76-72)59-34-18-32-55-51-27-10-15-37-64(51)79(70(55)59)48-24-5-2-6-25-48)56-41-40-49(44-60(56)53-30-19-39-67-68(53)57-29-12-16-38-66(57)80-67)77-62-35-13-11-28-52(62)61-42-45-20-7-8-21-46(45)43-65(61)77/h1-44,72H,(H,74,75,76). The Labute approximate surface area is 458 Å². The minimum absolute atomic E-state index is 0.582. The summed E-state index contributed by atoms with van der Waals surface area (Å²) in [4.78, 5) is 11.7. The molecule has 1 aliphatic rings. The van der Waals surface area contributed by atoms with Crippen molar-refractivity contribution in [3.05, 3.63) is 284 Å². The molecule has 7 nitrogen and oxygen atoms in total. The lowest BCUT2D eigenvalue weighted by molar-refractivity contribution is 0.669. The maximum atomic E-state index is 6.66. The van der Waals surface area contributed by atoms with Crippen LogP contribution in [0.1, 0.15) is 22.9 Å². The summed E-state index contributed by atoms with van der Waals surface area (Å²) in [6.07, 6.45) is -0.582. The van der Waals surface area contributed by atoms with Gasteiger partial charge in [-0.15, -0.1) is 0 Å². The molecule has 5 heterocycles. The molecule has 80 heavy (non-hydrogen) atoms. The molecule has 0 saturated heterocycles. The molecule has 1 unspecified atom stereocenters. The molecule has 1 aliphatic heterocycles. The molecule has 0 spiro atoms. The van der Waals surface area contributed by atoms with E-state index in [0.29, 0.717) is 5.84 Å². The van der Waals surface area contributed by atoms with E-state index >= 15 is 0 Å². The molecule has 0 bridgehead atoms. The summed E-state index contributed by atoms with van der Waals surface area (Å²) in [6, 6.07) is 95.7. The van der Waals surface area contributed by atoms with Gasteiger partial charge >= 0.3 is 0 Å². The number of fused-ring (bicyclic) bond motifs is 13. The minimum atomic E-state index is -0.582. The molecule has 1 N–H and O–H groups in total. The Morgan fingerprint density at radius 1 is 0.338 bits per heavy atom. The number of benzene rings is 12. The van der Waals surface area contributed by atoms with Crippen molar-refractivity contribution in [2.45, 2.75) is 6.17 Å². The van der Waals surface area contributed by atoms with E-state index in [1.807, 2.05) is 6.07 Å². The van der Waals surface area contributed by atoms with Crippen molar-refractivity contribution in [1.29, 1.82) is 0 Å². The highest BCUT2D eigenvalue weighted by Gasteiger charge is 2.30. The number of para-hydroxylation sites is 8. The molecule has 1 atom stereocenters. The zero-order valence-electron chi connectivity index (χ0n) is 43.1. The van der Waals surface area contributed by atoms with E-state index in [0.717, 1.165) is 117 Å². The van der Waals surface area contributed by atoms with Crippen LogP contribution in [-0.4, -0.2) is 25.4 Å². The zero-order valence-corrected chi connectivity index (χ0v) is 43.1. The van der Waals surface area contributed by atoms with Gasteiger partial charge in [0.05, 0.1) is 33.1 Å². The van der Waals surface area contributed by atoms with Gasteiger partial charge < -0.3 is 23.4 Å². The Hall–Kier alpha value is -10.8. The Morgan fingerprint density at radius 2 is 0.875 bits per heavy atom. The molecule has 0 radical (unpaired) electrons. The van der Waals surface area contributed by atoms with Gasteiger partial charge in [-0.1, -0.05) is 176 Å². The Morgan fingerprint density at radius 3 is 1.60 bits per heavy atom. The Kier molecular flexibility index (Phi) is 9.64. The van der Waals surface area contributed by atoms with Gasteiger partial charge in [-0.3, -0.25) is 0 Å². The van der Waals surface area contributed by atoms with Crippen LogP contribution in [-0.2, 0) is 0 Å². The van der Waals surface area contributed by atoms with Crippen LogP contribution in [0.4, 0.5) is 0 Å². The van der Waals surface area contributed by atoms with Gasteiger partial charge in [-0.2, -0.15) is 0 Å². The second-order valence-electron chi connectivity index (χ2n) is 20.9. The number of aromatic nitrogens is 3. The average Bonchev–Trinajstić information content (AvgIpc) is 4.38. The zero-order chi connectivity index (χ0) is 52.4. The summed E-state index contributed by atoms with van der Waals surface area (Å²) in [5.41, 5.74) is 16.4. The molecular weight excluding hydrogens is 977 g/mol. The third-order valence-electron chi connectivity index (χ3n) is 16.5. The Balaban J connectivity index is 0.976. The van der Waals surface area contributed by atoms with Gasteiger partial charge in [0.25, 0.3) is 0 Å². The normalized spacial score (nSPS) is 13.9. The number of amidine groups is 2. The van der Waals surface area contributed by atoms with Crippen LogP contribution in [0.5, 0.6) is 0 Å². The van der Waals surface area contributed by atoms with Crippen LogP contribution in [0.25, 0.3) is 126 Å². The van der Waals surface area contributed by atoms with Crippen LogP contribution in [0, 0.1) is 0 Å². The molecule has 7 heteroatoms. The topological polar surface area (TPSA) is 64.7 Å². The molecule has 0 amide bonds. The summed E-state index contributed by atoms with van der Waals surface area (Å²) in [6.45, 7) is 0. The first-order valence-electron chi connectivity index (χ1n) is 27.3. The predicted molar refractivity (Wildman–Crippen MR) is 332 cm³/mol. The van der Waals surface area contributed by atoms with Crippen molar-refractivity contribution < 1.29 is 4.42 Å². The number of nitrogens with one attached hydrogen (secondary N) is 1. The van der Waals surface area contributed by atoms with Gasteiger partial charge in [-0.05, 0) is 113 Å². The monoisotopic (exact) mass is 1020 g/mol. The van der Waals surface area contributed by atoms with Crippen LogP contribution in [0.15, 0.2) is 281 Å². The summed E-state index contributed by atoms with van der Waals surface area (Å²) in [7, 11) is 0. The van der Waals surface area contributed by atoms with Crippen molar-refractivity contribution in [2.75, 3.05) is 0 Å². The lowest BCUT2D eigenvalue weighted by atomic mass is 9.93. The number of furan rings is 1. The molecule has 0 aliphatic carbocycles. The van der Waals surface area contributed by atoms with E-state index in [9.17, 15) is 0 Å². The van der Waals surface area contributed by atoms with Gasteiger partial charge in [-0.25, -0.2) is 9.98 Å². The Bertz CT molecular complexity index is 5290. The SMILES string of the molecule is c1ccc(-n2c3ccccc3c3cccc(C4=NC(c5ccc(-n6c7ccccc7c7cc8ccccc8cc76)cc5-c5cccc6oc7ccccc7c56)=NC(c5cccc6c7ccccc7n(-c7ccccc7)c56)N4)c32)cc1. The van der Waals surface area contributed by atoms with Crippen molar-refractivity contribution in [1.82, 2.24) is 19.0 Å². The highest BCUT2D eigenvalue weighted by atomic mass is 16.3. The maximum Gasteiger partial charge on any atom is 0.160 e. The fraction of sp³-hybridized carbons (Fsp3) is 0.0137. The highest BCUT2D eigenvalue weighted by Crippen LogP contribution is 2.44. The first-order valence-corrected chi connectivity index (χ1v) is 27.3. The smallest absolute Gasteiger partial charge is 0.160 e. The minimum Gasteiger partial charge on any atom is -0.456 e. The molecule has 0 saturated carbocycles. The number of hydrogen-bond donors (Lipinski definition) is 1. The van der Waals surface area contributed by atoms with Gasteiger partial charge in [0.1, 0.15) is 23.2 Å². The average molecular weight is 1020 g/mol. The van der Waals surface area contributed by atoms with Gasteiger partial charge in [0, 0.05) is 76.8 Å². The first kappa shape index (κ1) is 44.4. The third-order valence-corrected chi connectivity index (χ3v) is 16.5. The molecule has 16 aromatic rings.